The fourth-order valence-corrected chi connectivity index (χ4v) is 2.03. The Bertz CT molecular complexity index is 677. The molecular weight excluding hydrogens is 270 g/mol. The number of rotatable bonds is 5. The summed E-state index contributed by atoms with van der Waals surface area (Å²) in [6, 6.07) is 11.4. The Hall–Kier alpha value is -2.69. The minimum Gasteiger partial charge on any atom is -0.490 e. The molecular formula is C16H15NO4. The maximum Gasteiger partial charge on any atom is 0.311 e. The molecule has 5 nitrogen and oxygen atoms in total. The number of ether oxygens (including phenoxy) is 1. The zero-order valence-corrected chi connectivity index (χ0v) is 11.8. The van der Waals surface area contributed by atoms with Crippen LogP contribution in [-0.4, -0.2) is 17.8 Å². The highest BCUT2D eigenvalue weighted by Gasteiger charge is 2.18. The van der Waals surface area contributed by atoms with E-state index < -0.39 is 4.92 Å². The normalized spacial score (nSPS) is 10.2. The summed E-state index contributed by atoms with van der Waals surface area (Å²) < 4.78 is 4.92. The molecule has 2 rings (SSSR count). The quantitative estimate of drug-likeness (QED) is 0.479. The molecule has 0 radical (unpaired) electrons. The highest BCUT2D eigenvalue weighted by molar-refractivity contribution is 6.09. The number of nitro benzene ring substituents is 1. The van der Waals surface area contributed by atoms with Gasteiger partial charge in [0, 0.05) is 17.2 Å². The summed E-state index contributed by atoms with van der Waals surface area (Å²) in [4.78, 5) is 22.8. The Kier molecular flexibility index (Phi) is 4.33. The summed E-state index contributed by atoms with van der Waals surface area (Å²) in [5, 5.41) is 11.0. The minimum atomic E-state index is -0.560. The lowest BCUT2D eigenvalue weighted by atomic mass is 10.0. The van der Waals surface area contributed by atoms with Crippen molar-refractivity contribution in [1.29, 1.82) is 0 Å². The molecule has 0 aliphatic rings. The van der Waals surface area contributed by atoms with Gasteiger partial charge in [0.2, 0.25) is 0 Å². The number of benzene rings is 2. The summed E-state index contributed by atoms with van der Waals surface area (Å²) in [6.45, 7) is 2.03. The van der Waals surface area contributed by atoms with E-state index in [-0.39, 0.29) is 22.8 Å². The van der Waals surface area contributed by atoms with Crippen LogP contribution in [0.5, 0.6) is 5.75 Å². The molecule has 0 saturated carbocycles. The van der Waals surface area contributed by atoms with E-state index in [1.54, 1.807) is 12.1 Å². The molecule has 0 aromatic heterocycles. The van der Waals surface area contributed by atoms with Crippen LogP contribution < -0.4 is 4.74 Å². The SMILES string of the molecule is CCc1ccc(C(=O)c2ccc(OC)c([N+](=O)[O-])c2)cc1. The Labute approximate surface area is 122 Å². The Morgan fingerprint density at radius 1 is 1.14 bits per heavy atom. The second kappa shape index (κ2) is 6.17. The highest BCUT2D eigenvalue weighted by atomic mass is 16.6. The van der Waals surface area contributed by atoms with Gasteiger partial charge in [-0.2, -0.15) is 0 Å². The second-order valence-electron chi connectivity index (χ2n) is 4.52. The van der Waals surface area contributed by atoms with Crippen molar-refractivity contribution in [2.75, 3.05) is 7.11 Å². The summed E-state index contributed by atoms with van der Waals surface area (Å²) in [5.41, 5.74) is 1.69. The molecule has 0 heterocycles. The maximum atomic E-state index is 12.4. The smallest absolute Gasteiger partial charge is 0.311 e. The predicted molar refractivity (Wildman–Crippen MR) is 78.9 cm³/mol. The van der Waals surface area contributed by atoms with Gasteiger partial charge in [0.1, 0.15) is 0 Å². The summed E-state index contributed by atoms with van der Waals surface area (Å²) in [7, 11) is 1.35. The summed E-state index contributed by atoms with van der Waals surface area (Å²) in [6.07, 6.45) is 0.891. The van der Waals surface area contributed by atoms with Crippen molar-refractivity contribution in [3.63, 3.8) is 0 Å². The third-order valence-electron chi connectivity index (χ3n) is 3.26. The Morgan fingerprint density at radius 3 is 2.29 bits per heavy atom. The van der Waals surface area contributed by atoms with Crippen LogP contribution in [0.4, 0.5) is 5.69 Å². The third kappa shape index (κ3) is 3.08. The number of carbonyl (C=O) groups is 1. The molecule has 0 atom stereocenters. The van der Waals surface area contributed by atoms with Crippen molar-refractivity contribution in [2.24, 2.45) is 0 Å². The number of hydrogen-bond acceptors (Lipinski definition) is 4. The number of carbonyl (C=O) groups excluding carboxylic acids is 1. The van der Waals surface area contributed by atoms with E-state index in [1.807, 2.05) is 19.1 Å². The van der Waals surface area contributed by atoms with Crippen LogP contribution in [0.15, 0.2) is 42.5 Å². The van der Waals surface area contributed by atoms with E-state index in [2.05, 4.69) is 0 Å². The molecule has 2 aromatic rings. The lowest BCUT2D eigenvalue weighted by Crippen LogP contribution is -2.03. The standard InChI is InChI=1S/C16H15NO4/c1-3-11-4-6-12(7-5-11)16(18)13-8-9-15(21-2)14(10-13)17(19)20/h4-10H,3H2,1-2H3. The largest absolute Gasteiger partial charge is 0.490 e. The van der Waals surface area contributed by atoms with Crippen LogP contribution in [0, 0.1) is 10.1 Å². The molecule has 0 amide bonds. The van der Waals surface area contributed by atoms with Gasteiger partial charge in [-0.25, -0.2) is 0 Å². The third-order valence-corrected chi connectivity index (χ3v) is 3.26. The van der Waals surface area contributed by atoms with Gasteiger partial charge in [-0.05, 0) is 24.1 Å². The van der Waals surface area contributed by atoms with E-state index in [1.165, 1.54) is 25.3 Å². The van der Waals surface area contributed by atoms with Gasteiger partial charge in [0.05, 0.1) is 12.0 Å². The van der Waals surface area contributed by atoms with Gasteiger partial charge in [-0.1, -0.05) is 31.2 Å². The predicted octanol–water partition coefficient (Wildman–Crippen LogP) is 3.40. The molecule has 2 aromatic carbocycles. The van der Waals surface area contributed by atoms with Crippen molar-refractivity contribution in [2.45, 2.75) is 13.3 Å². The summed E-state index contributed by atoms with van der Waals surface area (Å²) >= 11 is 0. The number of nitro groups is 1. The molecule has 0 spiro atoms. The molecule has 0 N–H and O–H groups in total. The van der Waals surface area contributed by atoms with Gasteiger partial charge in [-0.15, -0.1) is 0 Å². The zero-order chi connectivity index (χ0) is 15.4. The van der Waals surface area contributed by atoms with E-state index in [9.17, 15) is 14.9 Å². The summed E-state index contributed by atoms with van der Waals surface area (Å²) in [5.74, 6) is -0.110. The van der Waals surface area contributed by atoms with E-state index in [4.69, 9.17) is 4.74 Å². The molecule has 0 aliphatic carbocycles. The molecule has 0 fully saturated rings. The van der Waals surface area contributed by atoms with Gasteiger partial charge in [0.25, 0.3) is 0 Å². The zero-order valence-electron chi connectivity index (χ0n) is 11.8. The van der Waals surface area contributed by atoms with Gasteiger partial charge >= 0.3 is 5.69 Å². The fourth-order valence-electron chi connectivity index (χ4n) is 2.03. The molecule has 21 heavy (non-hydrogen) atoms. The van der Waals surface area contributed by atoms with Crippen LogP contribution in [0.1, 0.15) is 28.4 Å². The second-order valence-corrected chi connectivity index (χ2v) is 4.52. The molecule has 0 bridgehead atoms. The number of methoxy groups -OCH3 is 1. The van der Waals surface area contributed by atoms with E-state index in [0.717, 1.165) is 12.0 Å². The van der Waals surface area contributed by atoms with Crippen LogP contribution in [-0.2, 0) is 6.42 Å². The van der Waals surface area contributed by atoms with E-state index in [0.29, 0.717) is 5.56 Å². The minimum absolute atomic E-state index is 0.137. The van der Waals surface area contributed by atoms with Gasteiger partial charge in [0.15, 0.2) is 11.5 Å². The lowest BCUT2D eigenvalue weighted by molar-refractivity contribution is -0.385. The Balaban J connectivity index is 2.38. The number of hydrogen-bond donors (Lipinski definition) is 0. The van der Waals surface area contributed by atoms with Crippen molar-refractivity contribution in [3.8, 4) is 5.75 Å². The first kappa shape index (κ1) is 14.7. The molecule has 5 heteroatoms. The van der Waals surface area contributed by atoms with Crippen molar-refractivity contribution >= 4 is 11.5 Å². The molecule has 108 valence electrons. The monoisotopic (exact) mass is 285 g/mol. The van der Waals surface area contributed by atoms with Crippen molar-refractivity contribution < 1.29 is 14.5 Å². The van der Waals surface area contributed by atoms with Crippen LogP contribution >= 0.6 is 0 Å². The average molecular weight is 285 g/mol. The molecule has 0 aliphatic heterocycles. The van der Waals surface area contributed by atoms with Crippen molar-refractivity contribution in [3.05, 3.63) is 69.3 Å². The van der Waals surface area contributed by atoms with Crippen LogP contribution in [0.2, 0.25) is 0 Å². The first-order valence-corrected chi connectivity index (χ1v) is 6.53. The number of aryl methyl sites for hydroxylation is 1. The van der Waals surface area contributed by atoms with Gasteiger partial charge < -0.3 is 4.74 Å². The fraction of sp³-hybridized carbons (Fsp3) is 0.188. The van der Waals surface area contributed by atoms with E-state index >= 15 is 0 Å². The van der Waals surface area contributed by atoms with Crippen LogP contribution in [0.3, 0.4) is 0 Å². The van der Waals surface area contributed by atoms with Gasteiger partial charge in [-0.3, -0.25) is 14.9 Å². The molecule has 0 saturated heterocycles. The van der Waals surface area contributed by atoms with Crippen molar-refractivity contribution in [1.82, 2.24) is 0 Å². The average Bonchev–Trinajstić information content (AvgIpc) is 2.53. The highest BCUT2D eigenvalue weighted by Crippen LogP contribution is 2.28. The number of ketones is 1. The number of nitrogens with zero attached hydrogens (tertiary/aromatic N) is 1. The maximum absolute atomic E-state index is 12.4. The molecule has 0 unspecified atom stereocenters. The topological polar surface area (TPSA) is 69.4 Å². The lowest BCUT2D eigenvalue weighted by Gasteiger charge is -2.05. The first-order valence-electron chi connectivity index (χ1n) is 6.53. The first-order chi connectivity index (χ1) is 10.1. The Morgan fingerprint density at radius 2 is 1.76 bits per heavy atom. The van der Waals surface area contributed by atoms with Crippen LogP contribution in [0.25, 0.3) is 0 Å².